The molecule has 4 heteroatoms. The van der Waals surface area contributed by atoms with E-state index in [1.165, 1.54) is 4.90 Å². The molecule has 0 spiro atoms. The van der Waals surface area contributed by atoms with Crippen LogP contribution in [0.2, 0.25) is 0 Å². The summed E-state index contributed by atoms with van der Waals surface area (Å²) < 4.78 is 5.22. The van der Waals surface area contributed by atoms with E-state index in [1.807, 2.05) is 27.7 Å². The molecule has 1 amide bonds. The van der Waals surface area contributed by atoms with Crippen LogP contribution in [0.25, 0.3) is 0 Å². The Morgan fingerprint density at radius 3 is 2.25 bits per heavy atom. The number of Topliss-reactive ketones (excluding diaryl/α,β-unsaturated/α-hetero) is 1. The lowest BCUT2D eigenvalue weighted by Crippen LogP contribution is -2.43. The van der Waals surface area contributed by atoms with Crippen molar-refractivity contribution in [2.24, 2.45) is 0 Å². The van der Waals surface area contributed by atoms with Gasteiger partial charge in [-0.15, -0.1) is 0 Å². The maximum absolute atomic E-state index is 11.7. The van der Waals surface area contributed by atoms with E-state index in [9.17, 15) is 9.59 Å². The van der Waals surface area contributed by atoms with Gasteiger partial charge in [-0.3, -0.25) is 9.69 Å². The van der Waals surface area contributed by atoms with E-state index in [-0.39, 0.29) is 12.3 Å². The molecule has 0 radical (unpaired) electrons. The topological polar surface area (TPSA) is 46.6 Å². The molecule has 90 valence electrons. The fourth-order valence-corrected chi connectivity index (χ4v) is 1.45. The van der Waals surface area contributed by atoms with Crippen LogP contribution in [0.3, 0.4) is 0 Å². The number of ketones is 1. The Bertz CT molecular complexity index is 350. The van der Waals surface area contributed by atoms with Crippen molar-refractivity contribution in [3.8, 4) is 0 Å². The van der Waals surface area contributed by atoms with Crippen LogP contribution in [0.4, 0.5) is 4.79 Å². The lowest BCUT2D eigenvalue weighted by molar-refractivity contribution is -0.117. The van der Waals surface area contributed by atoms with Crippen LogP contribution >= 0.6 is 0 Å². The molecule has 0 atom stereocenters. The molecule has 0 aromatic rings. The van der Waals surface area contributed by atoms with Crippen LogP contribution in [-0.2, 0) is 9.53 Å². The second kappa shape index (κ2) is 4.28. The molecule has 1 aliphatic rings. The van der Waals surface area contributed by atoms with Gasteiger partial charge in [-0.1, -0.05) is 0 Å². The minimum atomic E-state index is -0.524. The molecule has 1 heterocycles. The van der Waals surface area contributed by atoms with Crippen LogP contribution in [0.15, 0.2) is 11.1 Å². The van der Waals surface area contributed by atoms with Crippen molar-refractivity contribution < 1.29 is 14.3 Å². The summed E-state index contributed by atoms with van der Waals surface area (Å²) in [7, 11) is 0. The summed E-state index contributed by atoms with van der Waals surface area (Å²) in [6.45, 7) is 9.69. The molecular formula is C12H19NO3. The van der Waals surface area contributed by atoms with Crippen LogP contribution in [0, 0.1) is 0 Å². The normalized spacial score (nSPS) is 17.8. The summed E-state index contributed by atoms with van der Waals surface area (Å²) in [5, 5.41) is 0. The van der Waals surface area contributed by atoms with Crippen LogP contribution in [0.1, 0.15) is 34.6 Å². The molecule has 0 saturated heterocycles. The van der Waals surface area contributed by atoms with Gasteiger partial charge in [-0.25, -0.2) is 4.79 Å². The lowest BCUT2D eigenvalue weighted by atomic mass is 10.0. The molecule has 0 N–H and O–H groups in total. The van der Waals surface area contributed by atoms with Crippen molar-refractivity contribution in [2.75, 3.05) is 13.1 Å². The summed E-state index contributed by atoms with van der Waals surface area (Å²) in [5.41, 5.74) is 1.17. The maximum atomic E-state index is 11.7. The Balaban J connectivity index is 2.72. The van der Waals surface area contributed by atoms with Gasteiger partial charge in [0.1, 0.15) is 5.60 Å². The number of carbonyl (C=O) groups excluding carboxylic acids is 2. The minimum absolute atomic E-state index is 0.00499. The number of hydrogen-bond acceptors (Lipinski definition) is 3. The van der Waals surface area contributed by atoms with Crippen molar-refractivity contribution >= 4 is 11.9 Å². The van der Waals surface area contributed by atoms with E-state index in [1.54, 1.807) is 6.92 Å². The fraction of sp³-hybridized carbons (Fsp3) is 0.667. The number of ether oxygens (including phenoxy) is 1. The highest BCUT2D eigenvalue weighted by molar-refractivity contribution is 5.99. The van der Waals surface area contributed by atoms with Gasteiger partial charge in [0.15, 0.2) is 5.78 Å². The number of carbonyl (C=O) groups is 2. The first kappa shape index (κ1) is 12.7. The van der Waals surface area contributed by atoms with Crippen LogP contribution in [0.5, 0.6) is 0 Å². The van der Waals surface area contributed by atoms with E-state index in [0.717, 1.165) is 11.1 Å². The zero-order chi connectivity index (χ0) is 12.5. The molecule has 1 rings (SSSR count). The molecule has 16 heavy (non-hydrogen) atoms. The van der Waals surface area contributed by atoms with E-state index in [0.29, 0.717) is 6.54 Å². The van der Waals surface area contributed by atoms with Gasteiger partial charge >= 0.3 is 6.09 Å². The zero-order valence-corrected chi connectivity index (χ0v) is 10.6. The quantitative estimate of drug-likeness (QED) is 0.634. The predicted molar refractivity (Wildman–Crippen MR) is 61.2 cm³/mol. The van der Waals surface area contributed by atoms with Gasteiger partial charge in [0.05, 0.1) is 6.54 Å². The second-order valence-electron chi connectivity index (χ2n) is 5.16. The first-order valence-electron chi connectivity index (χ1n) is 5.38. The molecular weight excluding hydrogens is 206 g/mol. The minimum Gasteiger partial charge on any atom is -0.444 e. The first-order chi connectivity index (χ1) is 7.20. The molecule has 1 aliphatic heterocycles. The smallest absolute Gasteiger partial charge is 0.410 e. The molecule has 0 aromatic heterocycles. The van der Waals surface area contributed by atoms with Crippen LogP contribution < -0.4 is 0 Å². The van der Waals surface area contributed by atoms with Crippen molar-refractivity contribution in [3.05, 3.63) is 11.1 Å². The first-order valence-corrected chi connectivity index (χ1v) is 5.38. The summed E-state index contributed by atoms with van der Waals surface area (Å²) in [4.78, 5) is 24.8. The van der Waals surface area contributed by atoms with Gasteiger partial charge in [0, 0.05) is 6.54 Å². The summed E-state index contributed by atoms with van der Waals surface area (Å²) >= 11 is 0. The van der Waals surface area contributed by atoms with Crippen LogP contribution in [-0.4, -0.2) is 35.5 Å². The van der Waals surface area contributed by atoms with Crippen molar-refractivity contribution in [3.63, 3.8) is 0 Å². The van der Waals surface area contributed by atoms with Gasteiger partial charge in [0.25, 0.3) is 0 Å². The Morgan fingerprint density at radius 1 is 1.25 bits per heavy atom. The third-order valence-electron chi connectivity index (χ3n) is 2.47. The van der Waals surface area contributed by atoms with E-state index >= 15 is 0 Å². The zero-order valence-electron chi connectivity index (χ0n) is 10.6. The summed E-state index contributed by atoms with van der Waals surface area (Å²) in [5.74, 6) is -0.00499. The average molecular weight is 225 g/mol. The lowest BCUT2D eigenvalue weighted by Gasteiger charge is -2.30. The average Bonchev–Trinajstić information content (AvgIpc) is 2.10. The molecule has 0 aromatic carbocycles. The molecule has 0 unspecified atom stereocenters. The third kappa shape index (κ3) is 3.08. The van der Waals surface area contributed by atoms with E-state index < -0.39 is 11.7 Å². The third-order valence-corrected chi connectivity index (χ3v) is 2.47. The van der Waals surface area contributed by atoms with E-state index in [2.05, 4.69) is 0 Å². The highest BCUT2D eigenvalue weighted by Gasteiger charge is 2.28. The van der Waals surface area contributed by atoms with Crippen molar-refractivity contribution in [1.29, 1.82) is 0 Å². The number of nitrogens with zero attached hydrogens (tertiary/aromatic N) is 1. The number of hydrogen-bond donors (Lipinski definition) is 0. The molecule has 4 nitrogen and oxygen atoms in total. The van der Waals surface area contributed by atoms with E-state index in [4.69, 9.17) is 4.74 Å². The van der Waals surface area contributed by atoms with Gasteiger partial charge < -0.3 is 4.74 Å². The highest BCUT2D eigenvalue weighted by Crippen LogP contribution is 2.17. The predicted octanol–water partition coefficient (Wildman–Crippen LogP) is 2.14. The monoisotopic (exact) mass is 225 g/mol. The number of amides is 1. The highest BCUT2D eigenvalue weighted by atomic mass is 16.6. The number of rotatable bonds is 0. The van der Waals surface area contributed by atoms with Crippen molar-refractivity contribution in [2.45, 2.75) is 40.2 Å². The van der Waals surface area contributed by atoms with Gasteiger partial charge in [-0.2, -0.15) is 0 Å². The molecule has 0 fully saturated rings. The van der Waals surface area contributed by atoms with Gasteiger partial charge in [0.2, 0.25) is 0 Å². The molecule has 0 saturated carbocycles. The second-order valence-corrected chi connectivity index (χ2v) is 5.16. The fourth-order valence-electron chi connectivity index (χ4n) is 1.45. The Labute approximate surface area is 96.3 Å². The maximum Gasteiger partial charge on any atom is 0.410 e. The largest absolute Gasteiger partial charge is 0.444 e. The SMILES string of the molecule is CC1=C(C)C(=O)CN(C(=O)OC(C)(C)C)C1. The Morgan fingerprint density at radius 2 is 1.81 bits per heavy atom. The van der Waals surface area contributed by atoms with Crippen molar-refractivity contribution in [1.82, 2.24) is 4.90 Å². The Kier molecular flexibility index (Phi) is 3.41. The standard InChI is InChI=1S/C12H19NO3/c1-8-6-13(7-10(14)9(8)2)11(15)16-12(3,4)5/h6-7H2,1-5H3. The summed E-state index contributed by atoms with van der Waals surface area (Å²) in [6, 6.07) is 0. The Hall–Kier alpha value is -1.32. The summed E-state index contributed by atoms with van der Waals surface area (Å²) in [6.07, 6.45) is -0.423. The van der Waals surface area contributed by atoms with Gasteiger partial charge in [-0.05, 0) is 45.8 Å². The molecule has 0 bridgehead atoms. The molecule has 0 aliphatic carbocycles.